The van der Waals surface area contributed by atoms with Crippen molar-refractivity contribution in [3.63, 3.8) is 0 Å². The van der Waals surface area contributed by atoms with Crippen molar-refractivity contribution in [2.45, 2.75) is 6.92 Å². The summed E-state index contributed by atoms with van der Waals surface area (Å²) in [6.45, 7) is 1.85. The number of carbonyl (C=O) groups excluding carboxylic acids is 1. The fourth-order valence-corrected chi connectivity index (χ4v) is 1.67. The van der Waals surface area contributed by atoms with Gasteiger partial charge in [0.25, 0.3) is 0 Å². The molecule has 0 N–H and O–H groups in total. The highest BCUT2D eigenvalue weighted by Gasteiger charge is 2.11. The van der Waals surface area contributed by atoms with Crippen LogP contribution in [0.4, 0.5) is 0 Å². The average molecular weight is 270 g/mol. The molecule has 15 heavy (non-hydrogen) atoms. The first-order chi connectivity index (χ1) is 7.11. The van der Waals surface area contributed by atoms with Crippen LogP contribution in [0.2, 0.25) is 0 Å². The fourth-order valence-electron chi connectivity index (χ4n) is 1.31. The van der Waals surface area contributed by atoms with Crippen molar-refractivity contribution in [1.29, 1.82) is 0 Å². The SMILES string of the molecule is COC(=O)c1cc(C)n2nc(Br)cc2n1. The van der Waals surface area contributed by atoms with E-state index in [-0.39, 0.29) is 5.69 Å². The number of rotatable bonds is 1. The van der Waals surface area contributed by atoms with Crippen LogP contribution in [0.15, 0.2) is 16.7 Å². The van der Waals surface area contributed by atoms with Crippen molar-refractivity contribution >= 4 is 27.5 Å². The minimum Gasteiger partial charge on any atom is -0.464 e. The van der Waals surface area contributed by atoms with Gasteiger partial charge in [0.05, 0.1) is 7.11 Å². The highest BCUT2D eigenvalue weighted by molar-refractivity contribution is 9.10. The van der Waals surface area contributed by atoms with Crippen LogP contribution in [0, 0.1) is 6.92 Å². The van der Waals surface area contributed by atoms with E-state index in [1.807, 2.05) is 6.92 Å². The van der Waals surface area contributed by atoms with Crippen LogP contribution in [0.3, 0.4) is 0 Å². The minimum atomic E-state index is -0.446. The van der Waals surface area contributed by atoms with Gasteiger partial charge in [-0.25, -0.2) is 14.3 Å². The molecule has 0 atom stereocenters. The van der Waals surface area contributed by atoms with Crippen LogP contribution >= 0.6 is 15.9 Å². The van der Waals surface area contributed by atoms with Gasteiger partial charge in [-0.15, -0.1) is 0 Å². The number of nitrogens with zero attached hydrogens (tertiary/aromatic N) is 3. The third-order valence-corrected chi connectivity index (χ3v) is 2.36. The quantitative estimate of drug-likeness (QED) is 0.738. The van der Waals surface area contributed by atoms with Crippen molar-refractivity contribution in [2.24, 2.45) is 0 Å². The van der Waals surface area contributed by atoms with Crippen LogP contribution in [-0.2, 0) is 4.74 Å². The number of ether oxygens (including phenoxy) is 1. The number of aryl methyl sites for hydroxylation is 1. The largest absolute Gasteiger partial charge is 0.464 e. The third kappa shape index (κ3) is 1.72. The Morgan fingerprint density at radius 1 is 1.53 bits per heavy atom. The Labute approximate surface area is 94.2 Å². The standard InChI is InChI=1S/C9H8BrN3O2/c1-5-3-6(9(14)15-2)11-8-4-7(10)12-13(5)8/h3-4H,1-2H3. The second-order valence-electron chi connectivity index (χ2n) is 3.01. The maximum absolute atomic E-state index is 11.3. The zero-order chi connectivity index (χ0) is 11.0. The molecule has 2 aromatic heterocycles. The zero-order valence-corrected chi connectivity index (χ0v) is 9.78. The molecular weight excluding hydrogens is 262 g/mol. The lowest BCUT2D eigenvalue weighted by molar-refractivity contribution is 0.0594. The summed E-state index contributed by atoms with van der Waals surface area (Å²) in [5, 5.41) is 4.16. The number of esters is 1. The van der Waals surface area contributed by atoms with Gasteiger partial charge in [-0.2, -0.15) is 5.10 Å². The summed E-state index contributed by atoms with van der Waals surface area (Å²) in [6, 6.07) is 3.37. The van der Waals surface area contributed by atoms with Gasteiger partial charge in [0.2, 0.25) is 0 Å². The van der Waals surface area contributed by atoms with Crippen molar-refractivity contribution in [3.05, 3.63) is 28.1 Å². The molecule has 0 amide bonds. The lowest BCUT2D eigenvalue weighted by Gasteiger charge is -2.02. The minimum absolute atomic E-state index is 0.287. The molecule has 0 spiro atoms. The molecule has 2 rings (SSSR count). The van der Waals surface area contributed by atoms with Crippen molar-refractivity contribution in [1.82, 2.24) is 14.6 Å². The molecule has 6 heteroatoms. The summed E-state index contributed by atoms with van der Waals surface area (Å²) in [5.74, 6) is -0.446. The second-order valence-corrected chi connectivity index (χ2v) is 3.82. The first kappa shape index (κ1) is 10.1. The summed E-state index contributed by atoms with van der Waals surface area (Å²) >= 11 is 3.25. The van der Waals surface area contributed by atoms with Gasteiger partial charge in [-0.05, 0) is 28.9 Å². The molecule has 78 valence electrons. The Hall–Kier alpha value is -1.43. The van der Waals surface area contributed by atoms with E-state index >= 15 is 0 Å². The molecule has 0 saturated carbocycles. The Morgan fingerprint density at radius 3 is 2.93 bits per heavy atom. The lowest BCUT2D eigenvalue weighted by Crippen LogP contribution is -2.07. The number of hydrogen-bond acceptors (Lipinski definition) is 4. The maximum atomic E-state index is 11.3. The molecule has 0 aliphatic heterocycles. The number of methoxy groups -OCH3 is 1. The molecule has 0 aliphatic carbocycles. The topological polar surface area (TPSA) is 56.5 Å². The number of halogens is 1. The zero-order valence-electron chi connectivity index (χ0n) is 8.19. The molecule has 0 bridgehead atoms. The average Bonchev–Trinajstić information content (AvgIpc) is 2.58. The van der Waals surface area contributed by atoms with Gasteiger partial charge in [0, 0.05) is 11.8 Å². The van der Waals surface area contributed by atoms with Gasteiger partial charge >= 0.3 is 5.97 Å². The Kier molecular flexibility index (Phi) is 2.44. The van der Waals surface area contributed by atoms with Crippen molar-refractivity contribution < 1.29 is 9.53 Å². The number of fused-ring (bicyclic) bond motifs is 1. The number of carbonyl (C=O) groups is 1. The summed E-state index contributed by atoms with van der Waals surface area (Å²) < 4.78 is 6.93. The van der Waals surface area contributed by atoms with Crippen LogP contribution in [0.25, 0.3) is 5.65 Å². The normalized spacial score (nSPS) is 10.6. The van der Waals surface area contributed by atoms with E-state index in [2.05, 4.69) is 30.7 Å². The fraction of sp³-hybridized carbons (Fsp3) is 0.222. The molecule has 2 aromatic rings. The monoisotopic (exact) mass is 269 g/mol. The summed E-state index contributed by atoms with van der Waals surface area (Å²) in [5.41, 5.74) is 1.73. The van der Waals surface area contributed by atoms with Gasteiger partial charge < -0.3 is 4.74 Å². The summed E-state index contributed by atoms with van der Waals surface area (Å²) in [4.78, 5) is 15.4. The van der Waals surface area contributed by atoms with E-state index in [1.165, 1.54) is 7.11 Å². The summed E-state index contributed by atoms with van der Waals surface area (Å²) in [7, 11) is 1.33. The van der Waals surface area contributed by atoms with E-state index in [0.29, 0.717) is 10.3 Å². The van der Waals surface area contributed by atoms with Crippen LogP contribution < -0.4 is 0 Å². The van der Waals surface area contributed by atoms with Crippen LogP contribution in [-0.4, -0.2) is 27.7 Å². The Balaban J connectivity index is 2.66. The molecule has 0 saturated heterocycles. The van der Waals surface area contributed by atoms with E-state index in [9.17, 15) is 4.79 Å². The van der Waals surface area contributed by atoms with Crippen LogP contribution in [0.5, 0.6) is 0 Å². The molecule has 0 aliphatic rings. The van der Waals surface area contributed by atoms with E-state index in [4.69, 9.17) is 0 Å². The summed E-state index contributed by atoms with van der Waals surface area (Å²) in [6.07, 6.45) is 0. The second kappa shape index (κ2) is 3.62. The van der Waals surface area contributed by atoms with E-state index in [1.54, 1.807) is 16.6 Å². The molecule has 5 nitrogen and oxygen atoms in total. The Bertz CT molecular complexity index is 535. The van der Waals surface area contributed by atoms with E-state index in [0.717, 1.165) is 5.69 Å². The van der Waals surface area contributed by atoms with Gasteiger partial charge in [-0.3, -0.25) is 0 Å². The third-order valence-electron chi connectivity index (χ3n) is 1.97. The number of hydrogen-bond donors (Lipinski definition) is 0. The predicted molar refractivity (Wildman–Crippen MR) is 56.8 cm³/mol. The molecular formula is C9H8BrN3O2. The highest BCUT2D eigenvalue weighted by Crippen LogP contribution is 2.13. The number of aromatic nitrogens is 3. The lowest BCUT2D eigenvalue weighted by atomic mass is 10.3. The molecule has 2 heterocycles. The highest BCUT2D eigenvalue weighted by atomic mass is 79.9. The molecule has 0 unspecified atom stereocenters. The molecule has 0 fully saturated rings. The maximum Gasteiger partial charge on any atom is 0.356 e. The Morgan fingerprint density at radius 2 is 2.27 bits per heavy atom. The van der Waals surface area contributed by atoms with Gasteiger partial charge in [0.15, 0.2) is 11.3 Å². The first-order valence-corrected chi connectivity index (χ1v) is 5.02. The van der Waals surface area contributed by atoms with E-state index < -0.39 is 5.97 Å². The molecule has 0 radical (unpaired) electrons. The van der Waals surface area contributed by atoms with Gasteiger partial charge in [0.1, 0.15) is 4.60 Å². The van der Waals surface area contributed by atoms with Crippen molar-refractivity contribution in [2.75, 3.05) is 7.11 Å². The first-order valence-electron chi connectivity index (χ1n) is 4.23. The van der Waals surface area contributed by atoms with Crippen LogP contribution in [0.1, 0.15) is 16.2 Å². The smallest absolute Gasteiger partial charge is 0.356 e. The van der Waals surface area contributed by atoms with Crippen molar-refractivity contribution in [3.8, 4) is 0 Å². The molecule has 0 aromatic carbocycles. The van der Waals surface area contributed by atoms with Gasteiger partial charge in [-0.1, -0.05) is 0 Å². The predicted octanol–water partition coefficient (Wildman–Crippen LogP) is 1.59.